The molecule has 3 rings (SSSR count). The smallest absolute Gasteiger partial charge is 0.393 e. The van der Waals surface area contributed by atoms with Crippen molar-refractivity contribution < 1.29 is 45.3 Å². The van der Waals surface area contributed by atoms with Gasteiger partial charge >= 0.3 is 12.4 Å². The number of aliphatic hydroxyl groups is 1. The first kappa shape index (κ1) is 23.5. The van der Waals surface area contributed by atoms with Crippen LogP contribution in [-0.2, 0) is 21.8 Å². The van der Waals surface area contributed by atoms with Crippen LogP contribution in [0.1, 0.15) is 34.4 Å². The first-order chi connectivity index (χ1) is 14.5. The lowest BCUT2D eigenvalue weighted by molar-refractivity contribution is -0.209. The van der Waals surface area contributed by atoms with E-state index in [0.717, 1.165) is 0 Å². The van der Waals surface area contributed by atoms with Crippen molar-refractivity contribution in [3.8, 4) is 0 Å². The number of nitrogens with one attached hydrogen (secondary N) is 1. The van der Waals surface area contributed by atoms with E-state index >= 15 is 0 Å². The molecule has 170 valence electrons. The predicted octanol–water partition coefficient (Wildman–Crippen LogP) is 4.60. The fraction of sp³-hybridized carbons (Fsp3) is 0.400. The minimum Gasteiger partial charge on any atom is -0.393 e. The summed E-state index contributed by atoms with van der Waals surface area (Å²) in [6.45, 7) is -0.362. The van der Waals surface area contributed by atoms with E-state index < -0.39 is 59.9 Å². The van der Waals surface area contributed by atoms with Crippen LogP contribution in [0.2, 0.25) is 0 Å². The number of ether oxygens (including phenoxy) is 2. The van der Waals surface area contributed by atoms with Crippen LogP contribution in [0.15, 0.2) is 42.5 Å². The Kier molecular flexibility index (Phi) is 6.89. The zero-order valence-corrected chi connectivity index (χ0v) is 15.8. The second kappa shape index (κ2) is 9.11. The highest BCUT2D eigenvalue weighted by Crippen LogP contribution is 2.38. The predicted molar refractivity (Wildman–Crippen MR) is 94.2 cm³/mol. The van der Waals surface area contributed by atoms with Gasteiger partial charge in [-0.15, -0.1) is 0 Å². The highest BCUT2D eigenvalue weighted by molar-refractivity contribution is 5.35. The molecule has 31 heavy (non-hydrogen) atoms. The minimum absolute atomic E-state index is 0.00207. The van der Waals surface area contributed by atoms with Crippen molar-refractivity contribution in [1.29, 1.82) is 0 Å². The van der Waals surface area contributed by atoms with Gasteiger partial charge in [-0.1, -0.05) is 12.1 Å². The standard InChI is InChI=1S/C20H18F7NO3/c21-15-3-1-11(2-4-15)17-18(30-6-5-28-17)31-16(10-29)12-7-13(19(22,23)24)9-14(8-12)20(25,26)27/h1-4,7-9,16-18,28-29H,5-6,10H2/t16-,17+,18-/m1/s1. The molecule has 4 nitrogen and oxygen atoms in total. The summed E-state index contributed by atoms with van der Waals surface area (Å²) in [6.07, 6.45) is -12.7. The summed E-state index contributed by atoms with van der Waals surface area (Å²) in [7, 11) is 0. The monoisotopic (exact) mass is 453 g/mol. The normalized spacial score (nSPS) is 21.2. The van der Waals surface area contributed by atoms with Crippen molar-refractivity contribution in [2.24, 2.45) is 0 Å². The molecule has 0 saturated carbocycles. The Morgan fingerprint density at radius 2 is 1.58 bits per heavy atom. The van der Waals surface area contributed by atoms with Crippen LogP contribution in [0.4, 0.5) is 30.7 Å². The van der Waals surface area contributed by atoms with E-state index in [1.807, 2.05) is 0 Å². The fourth-order valence-corrected chi connectivity index (χ4v) is 3.20. The van der Waals surface area contributed by atoms with Gasteiger partial charge in [0.05, 0.1) is 30.4 Å². The maximum atomic E-state index is 13.2. The van der Waals surface area contributed by atoms with Crippen LogP contribution in [0, 0.1) is 5.82 Å². The van der Waals surface area contributed by atoms with Gasteiger partial charge in [0.2, 0.25) is 0 Å². The molecule has 1 saturated heterocycles. The molecule has 0 aromatic heterocycles. The minimum atomic E-state index is -5.03. The Balaban J connectivity index is 1.92. The summed E-state index contributed by atoms with van der Waals surface area (Å²) in [4.78, 5) is 0. The number of halogens is 7. The maximum Gasteiger partial charge on any atom is 0.416 e. The van der Waals surface area contributed by atoms with E-state index in [0.29, 0.717) is 24.2 Å². The second-order valence-corrected chi connectivity index (χ2v) is 6.87. The quantitative estimate of drug-likeness (QED) is 0.650. The molecule has 0 radical (unpaired) electrons. The summed E-state index contributed by atoms with van der Waals surface area (Å²) in [5, 5.41) is 12.7. The lowest BCUT2D eigenvalue weighted by atomic mass is 10.0. The van der Waals surface area contributed by atoms with E-state index in [2.05, 4.69) is 5.32 Å². The highest BCUT2D eigenvalue weighted by atomic mass is 19.4. The summed E-state index contributed by atoms with van der Waals surface area (Å²) in [5.74, 6) is -0.491. The largest absolute Gasteiger partial charge is 0.416 e. The Hall–Kier alpha value is -2.21. The Bertz CT molecular complexity index is 852. The first-order valence-electron chi connectivity index (χ1n) is 9.15. The van der Waals surface area contributed by atoms with Crippen LogP contribution in [0.25, 0.3) is 0 Å². The van der Waals surface area contributed by atoms with Crippen molar-refractivity contribution in [2.45, 2.75) is 30.8 Å². The number of benzene rings is 2. The molecule has 0 spiro atoms. The number of alkyl halides is 6. The number of morpholine rings is 1. The van der Waals surface area contributed by atoms with Crippen molar-refractivity contribution in [1.82, 2.24) is 5.32 Å². The molecular formula is C20H18F7NO3. The maximum absolute atomic E-state index is 13.2. The third-order valence-electron chi connectivity index (χ3n) is 4.70. The molecule has 1 fully saturated rings. The number of rotatable bonds is 5. The third-order valence-corrected chi connectivity index (χ3v) is 4.70. The molecule has 2 aromatic carbocycles. The van der Waals surface area contributed by atoms with Crippen LogP contribution in [-0.4, -0.2) is 31.2 Å². The second-order valence-electron chi connectivity index (χ2n) is 6.87. The first-order valence-corrected chi connectivity index (χ1v) is 9.15. The molecule has 3 atom stereocenters. The van der Waals surface area contributed by atoms with Gasteiger partial charge < -0.3 is 19.9 Å². The van der Waals surface area contributed by atoms with Gasteiger partial charge in [0.15, 0.2) is 6.29 Å². The van der Waals surface area contributed by atoms with E-state index in [4.69, 9.17) is 9.47 Å². The molecule has 0 unspecified atom stereocenters. The highest BCUT2D eigenvalue weighted by Gasteiger charge is 2.38. The molecule has 2 aromatic rings. The summed E-state index contributed by atoms with van der Waals surface area (Å²) >= 11 is 0. The zero-order valence-electron chi connectivity index (χ0n) is 15.8. The molecule has 0 amide bonds. The van der Waals surface area contributed by atoms with E-state index in [9.17, 15) is 35.8 Å². The van der Waals surface area contributed by atoms with Gasteiger partial charge in [0.25, 0.3) is 0 Å². The Morgan fingerprint density at radius 1 is 1.00 bits per heavy atom. The van der Waals surface area contributed by atoms with E-state index in [1.165, 1.54) is 24.3 Å². The van der Waals surface area contributed by atoms with Crippen molar-refractivity contribution in [2.75, 3.05) is 19.8 Å². The van der Waals surface area contributed by atoms with Crippen molar-refractivity contribution in [3.63, 3.8) is 0 Å². The number of aliphatic hydroxyl groups excluding tert-OH is 1. The SMILES string of the molecule is OC[C@@H](O[C@H]1OCCN[C@H]1c1ccc(F)cc1)c1cc(C(F)(F)F)cc(C(F)(F)F)c1. The van der Waals surface area contributed by atoms with Gasteiger partial charge in [-0.25, -0.2) is 4.39 Å². The molecular weight excluding hydrogens is 435 g/mol. The number of hydrogen-bond acceptors (Lipinski definition) is 4. The lowest BCUT2D eigenvalue weighted by Crippen LogP contribution is -2.44. The average molecular weight is 453 g/mol. The van der Waals surface area contributed by atoms with E-state index in [-0.39, 0.29) is 12.7 Å². The van der Waals surface area contributed by atoms with E-state index in [1.54, 1.807) is 0 Å². The molecule has 0 bridgehead atoms. The lowest BCUT2D eigenvalue weighted by Gasteiger charge is -2.35. The summed E-state index contributed by atoms with van der Waals surface area (Å²) in [6, 6.07) is 5.58. The molecule has 2 N–H and O–H groups in total. The Labute approximate surface area is 172 Å². The van der Waals surface area contributed by atoms with Crippen molar-refractivity contribution in [3.05, 3.63) is 70.5 Å². The van der Waals surface area contributed by atoms with Gasteiger partial charge in [-0.3, -0.25) is 0 Å². The van der Waals surface area contributed by atoms with Crippen molar-refractivity contribution >= 4 is 0 Å². The van der Waals surface area contributed by atoms with Gasteiger partial charge in [0, 0.05) is 6.54 Å². The summed E-state index contributed by atoms with van der Waals surface area (Å²) in [5.41, 5.74) is -3.01. The molecule has 1 aliphatic rings. The Morgan fingerprint density at radius 3 is 2.10 bits per heavy atom. The fourth-order valence-electron chi connectivity index (χ4n) is 3.20. The molecule has 11 heteroatoms. The topological polar surface area (TPSA) is 50.7 Å². The molecule has 0 aliphatic carbocycles. The molecule has 1 aliphatic heterocycles. The van der Waals surface area contributed by atoms with Crippen LogP contribution in [0.3, 0.4) is 0 Å². The van der Waals surface area contributed by atoms with Crippen LogP contribution >= 0.6 is 0 Å². The van der Waals surface area contributed by atoms with Crippen LogP contribution < -0.4 is 5.32 Å². The molecule has 1 heterocycles. The van der Waals surface area contributed by atoms with Gasteiger partial charge in [0.1, 0.15) is 11.9 Å². The number of hydrogen-bond donors (Lipinski definition) is 2. The zero-order chi connectivity index (χ0) is 22.8. The van der Waals surface area contributed by atoms with Gasteiger partial charge in [-0.05, 0) is 41.5 Å². The third kappa shape index (κ3) is 5.73. The van der Waals surface area contributed by atoms with Crippen LogP contribution in [0.5, 0.6) is 0 Å². The summed E-state index contributed by atoms with van der Waals surface area (Å²) < 4.78 is 103. The van der Waals surface area contributed by atoms with Gasteiger partial charge in [-0.2, -0.15) is 26.3 Å². The average Bonchev–Trinajstić information content (AvgIpc) is 2.71.